The molecule has 0 radical (unpaired) electrons. The maximum atomic E-state index is 12.0. The van der Waals surface area contributed by atoms with E-state index in [1.165, 1.54) is 0 Å². The van der Waals surface area contributed by atoms with Crippen LogP contribution in [0, 0.1) is 11.3 Å². The number of hydrogen-bond acceptors (Lipinski definition) is 3. The third-order valence-electron chi connectivity index (χ3n) is 3.47. The molecule has 5 nitrogen and oxygen atoms in total. The molecule has 1 fully saturated rings. The van der Waals surface area contributed by atoms with Crippen LogP contribution in [0.3, 0.4) is 0 Å². The van der Waals surface area contributed by atoms with Gasteiger partial charge in [0, 0.05) is 5.56 Å². The molecule has 98 valence electrons. The number of carbonyl (C=O) groups is 2. The van der Waals surface area contributed by atoms with Gasteiger partial charge in [-0.05, 0) is 37.0 Å². The number of carboxylic acid groups (broad SMARTS) is 1. The lowest BCUT2D eigenvalue weighted by Crippen LogP contribution is -2.59. The van der Waals surface area contributed by atoms with Crippen molar-refractivity contribution in [1.29, 1.82) is 5.26 Å². The third kappa shape index (κ3) is 2.58. The zero-order chi connectivity index (χ0) is 13.9. The third-order valence-corrected chi connectivity index (χ3v) is 3.47. The molecular formula is C14H14N2O3. The monoisotopic (exact) mass is 258 g/mol. The molecule has 0 unspecified atom stereocenters. The molecule has 0 spiro atoms. The summed E-state index contributed by atoms with van der Waals surface area (Å²) in [5, 5.41) is 20.3. The van der Waals surface area contributed by atoms with Crippen LogP contribution in [-0.2, 0) is 11.2 Å². The van der Waals surface area contributed by atoms with Gasteiger partial charge in [-0.15, -0.1) is 0 Å². The van der Waals surface area contributed by atoms with Crippen molar-refractivity contribution in [3.05, 3.63) is 35.4 Å². The predicted octanol–water partition coefficient (Wildman–Crippen LogP) is 1.49. The number of hydrogen-bond donors (Lipinski definition) is 2. The van der Waals surface area contributed by atoms with Crippen LogP contribution >= 0.6 is 0 Å². The molecule has 1 aromatic rings. The molecule has 5 heteroatoms. The summed E-state index contributed by atoms with van der Waals surface area (Å²) in [6.45, 7) is 0. The Morgan fingerprint density at radius 3 is 2.37 bits per heavy atom. The summed E-state index contributed by atoms with van der Waals surface area (Å²) in [5.41, 5.74) is 0.146. The van der Waals surface area contributed by atoms with Gasteiger partial charge < -0.3 is 10.4 Å². The minimum absolute atomic E-state index is 0.293. The van der Waals surface area contributed by atoms with Crippen molar-refractivity contribution in [3.63, 3.8) is 0 Å². The van der Waals surface area contributed by atoms with Crippen molar-refractivity contribution in [2.24, 2.45) is 0 Å². The van der Waals surface area contributed by atoms with Crippen molar-refractivity contribution in [2.75, 3.05) is 0 Å². The number of aliphatic carboxylic acids is 1. The van der Waals surface area contributed by atoms with E-state index in [4.69, 9.17) is 10.4 Å². The lowest BCUT2D eigenvalue weighted by molar-refractivity contribution is -0.148. The molecule has 1 saturated carbocycles. The van der Waals surface area contributed by atoms with E-state index in [-0.39, 0.29) is 5.91 Å². The van der Waals surface area contributed by atoms with Crippen LogP contribution in [0.1, 0.15) is 35.2 Å². The van der Waals surface area contributed by atoms with Gasteiger partial charge in [-0.1, -0.05) is 12.1 Å². The highest BCUT2D eigenvalue weighted by molar-refractivity contribution is 5.98. The standard InChI is InChI=1S/C14H14N2O3/c15-9-6-10-2-4-11(5-3-10)12(17)16-14(13(18)19)7-1-8-14/h2-5H,1,6-8H2,(H,16,17)(H,18,19). The number of benzene rings is 1. The summed E-state index contributed by atoms with van der Waals surface area (Å²) in [7, 11) is 0. The van der Waals surface area contributed by atoms with E-state index in [0.717, 1.165) is 12.0 Å². The second-order valence-electron chi connectivity index (χ2n) is 4.73. The zero-order valence-electron chi connectivity index (χ0n) is 10.3. The van der Waals surface area contributed by atoms with Gasteiger partial charge in [-0.3, -0.25) is 4.79 Å². The highest BCUT2D eigenvalue weighted by atomic mass is 16.4. The van der Waals surface area contributed by atoms with Gasteiger partial charge >= 0.3 is 5.97 Å². The molecule has 19 heavy (non-hydrogen) atoms. The van der Waals surface area contributed by atoms with E-state index in [0.29, 0.717) is 24.8 Å². The summed E-state index contributed by atoms with van der Waals surface area (Å²) >= 11 is 0. The minimum atomic E-state index is -1.09. The van der Waals surface area contributed by atoms with Crippen LogP contribution in [0.25, 0.3) is 0 Å². The second kappa shape index (κ2) is 5.11. The first-order valence-corrected chi connectivity index (χ1v) is 6.09. The first-order chi connectivity index (χ1) is 9.07. The fraction of sp³-hybridized carbons (Fsp3) is 0.357. The van der Waals surface area contributed by atoms with E-state index in [1.54, 1.807) is 24.3 Å². The van der Waals surface area contributed by atoms with E-state index < -0.39 is 11.5 Å². The largest absolute Gasteiger partial charge is 0.480 e. The Labute approximate surface area is 110 Å². The van der Waals surface area contributed by atoms with Crippen LogP contribution in [0.4, 0.5) is 0 Å². The van der Waals surface area contributed by atoms with Crippen molar-refractivity contribution < 1.29 is 14.7 Å². The molecule has 0 saturated heterocycles. The second-order valence-corrected chi connectivity index (χ2v) is 4.73. The molecule has 0 atom stereocenters. The van der Waals surface area contributed by atoms with Gasteiger partial charge in [-0.25, -0.2) is 4.79 Å². The summed E-state index contributed by atoms with van der Waals surface area (Å²) in [5.74, 6) is -1.36. The van der Waals surface area contributed by atoms with Crippen molar-refractivity contribution >= 4 is 11.9 Å². The number of nitrogens with zero attached hydrogens (tertiary/aromatic N) is 1. The number of carbonyl (C=O) groups excluding carboxylic acids is 1. The summed E-state index contributed by atoms with van der Waals surface area (Å²) < 4.78 is 0. The Morgan fingerprint density at radius 1 is 1.32 bits per heavy atom. The first-order valence-electron chi connectivity index (χ1n) is 6.09. The number of nitrogens with one attached hydrogen (secondary N) is 1. The summed E-state index contributed by atoms with van der Waals surface area (Å²) in [4.78, 5) is 23.1. The normalized spacial score (nSPS) is 15.9. The Morgan fingerprint density at radius 2 is 1.95 bits per heavy atom. The minimum Gasteiger partial charge on any atom is -0.480 e. The summed E-state index contributed by atoms with van der Waals surface area (Å²) in [6, 6.07) is 8.64. The molecule has 1 amide bonds. The number of nitriles is 1. The van der Waals surface area contributed by atoms with Crippen LogP contribution in [0.2, 0.25) is 0 Å². The molecule has 1 aliphatic rings. The Hall–Kier alpha value is -2.35. The van der Waals surface area contributed by atoms with Crippen LogP contribution in [-0.4, -0.2) is 22.5 Å². The lowest BCUT2D eigenvalue weighted by Gasteiger charge is -2.38. The zero-order valence-corrected chi connectivity index (χ0v) is 10.3. The van der Waals surface area contributed by atoms with Gasteiger partial charge in [0.05, 0.1) is 12.5 Å². The number of carboxylic acids is 1. The first kappa shape index (κ1) is 13.1. The molecular weight excluding hydrogens is 244 g/mol. The van der Waals surface area contributed by atoms with Crippen molar-refractivity contribution in [2.45, 2.75) is 31.2 Å². The Kier molecular flexibility index (Phi) is 3.52. The van der Waals surface area contributed by atoms with E-state index in [1.807, 2.05) is 6.07 Å². The fourth-order valence-electron chi connectivity index (χ4n) is 2.08. The number of rotatable bonds is 4. The van der Waals surface area contributed by atoms with Crippen LogP contribution in [0.5, 0.6) is 0 Å². The van der Waals surface area contributed by atoms with Gasteiger partial charge in [0.25, 0.3) is 5.91 Å². The highest BCUT2D eigenvalue weighted by Crippen LogP contribution is 2.32. The molecule has 2 rings (SSSR count). The van der Waals surface area contributed by atoms with E-state index >= 15 is 0 Å². The van der Waals surface area contributed by atoms with Gasteiger partial charge in [0.2, 0.25) is 0 Å². The van der Waals surface area contributed by atoms with Gasteiger partial charge in [0.1, 0.15) is 5.54 Å². The highest BCUT2D eigenvalue weighted by Gasteiger charge is 2.45. The molecule has 0 aliphatic heterocycles. The molecule has 1 aromatic carbocycles. The molecule has 0 aromatic heterocycles. The maximum Gasteiger partial charge on any atom is 0.329 e. The van der Waals surface area contributed by atoms with Crippen LogP contribution < -0.4 is 5.32 Å². The van der Waals surface area contributed by atoms with Crippen molar-refractivity contribution in [3.8, 4) is 6.07 Å². The Balaban J connectivity index is 2.08. The maximum absolute atomic E-state index is 12.0. The van der Waals surface area contributed by atoms with Crippen LogP contribution in [0.15, 0.2) is 24.3 Å². The number of amides is 1. The Bertz CT molecular complexity index is 539. The average Bonchev–Trinajstić information content (AvgIpc) is 2.34. The van der Waals surface area contributed by atoms with Gasteiger partial charge in [0.15, 0.2) is 0 Å². The van der Waals surface area contributed by atoms with E-state index in [9.17, 15) is 9.59 Å². The fourth-order valence-corrected chi connectivity index (χ4v) is 2.08. The topological polar surface area (TPSA) is 90.2 Å². The van der Waals surface area contributed by atoms with Gasteiger partial charge in [-0.2, -0.15) is 5.26 Å². The molecule has 1 aliphatic carbocycles. The smallest absolute Gasteiger partial charge is 0.329 e. The van der Waals surface area contributed by atoms with E-state index in [2.05, 4.69) is 5.32 Å². The molecule has 2 N–H and O–H groups in total. The SMILES string of the molecule is N#CCc1ccc(C(=O)NC2(C(=O)O)CCC2)cc1. The summed E-state index contributed by atoms with van der Waals surface area (Å²) in [6.07, 6.45) is 2.05. The molecule has 0 bridgehead atoms. The quantitative estimate of drug-likeness (QED) is 0.856. The van der Waals surface area contributed by atoms with Crippen molar-refractivity contribution in [1.82, 2.24) is 5.32 Å². The predicted molar refractivity (Wildman–Crippen MR) is 67.4 cm³/mol. The lowest BCUT2D eigenvalue weighted by atomic mass is 9.76. The molecule has 0 heterocycles. The average molecular weight is 258 g/mol.